The first-order valence-corrected chi connectivity index (χ1v) is 10.0. The molecule has 2 aliphatic rings. The Labute approximate surface area is 173 Å². The Balaban J connectivity index is 1.54. The molecule has 4 rings (SSSR count). The molecule has 148 valence electrons. The van der Waals surface area contributed by atoms with Crippen LogP contribution in [0.4, 0.5) is 17.8 Å². The van der Waals surface area contributed by atoms with Crippen LogP contribution >= 0.6 is 23.2 Å². The summed E-state index contributed by atoms with van der Waals surface area (Å²) in [5.41, 5.74) is 3.74. The van der Waals surface area contributed by atoms with Gasteiger partial charge in [-0.05, 0) is 30.5 Å². The number of anilines is 3. The van der Waals surface area contributed by atoms with E-state index in [2.05, 4.69) is 35.3 Å². The number of hydrogen-bond donors (Lipinski definition) is 1. The lowest BCUT2D eigenvalue weighted by Gasteiger charge is -2.27. The Morgan fingerprint density at radius 2 is 1.61 bits per heavy atom. The van der Waals surface area contributed by atoms with Crippen LogP contribution in [0.15, 0.2) is 23.3 Å². The number of morpholine rings is 1. The minimum absolute atomic E-state index is 0.412. The monoisotopic (exact) mass is 421 g/mol. The summed E-state index contributed by atoms with van der Waals surface area (Å²) < 4.78 is 5.43. The lowest BCUT2D eigenvalue weighted by atomic mass is 10.2. The van der Waals surface area contributed by atoms with E-state index in [4.69, 9.17) is 27.9 Å². The molecule has 0 radical (unpaired) electrons. The normalized spacial score (nSPS) is 17.5. The van der Waals surface area contributed by atoms with Crippen molar-refractivity contribution in [2.45, 2.75) is 12.8 Å². The van der Waals surface area contributed by atoms with Gasteiger partial charge in [0.05, 0.1) is 29.5 Å². The molecule has 0 unspecified atom stereocenters. The number of hydrazone groups is 1. The number of halogens is 2. The predicted molar refractivity (Wildman–Crippen MR) is 112 cm³/mol. The summed E-state index contributed by atoms with van der Waals surface area (Å²) in [6, 6.07) is 5.31. The maximum absolute atomic E-state index is 6.04. The summed E-state index contributed by atoms with van der Waals surface area (Å²) in [4.78, 5) is 18.1. The van der Waals surface area contributed by atoms with E-state index in [-0.39, 0.29) is 0 Å². The maximum Gasteiger partial charge on any atom is 0.250 e. The molecule has 28 heavy (non-hydrogen) atoms. The van der Waals surface area contributed by atoms with Crippen LogP contribution in [0.5, 0.6) is 0 Å². The second-order valence-electron chi connectivity index (χ2n) is 6.60. The third-order valence-electron chi connectivity index (χ3n) is 4.62. The Bertz CT molecular complexity index is 852. The van der Waals surface area contributed by atoms with Gasteiger partial charge in [-0.2, -0.15) is 20.1 Å². The zero-order valence-electron chi connectivity index (χ0n) is 15.3. The summed E-state index contributed by atoms with van der Waals surface area (Å²) in [6.45, 7) is 4.77. The molecule has 0 spiro atoms. The van der Waals surface area contributed by atoms with Gasteiger partial charge in [-0.25, -0.2) is 5.43 Å². The summed E-state index contributed by atoms with van der Waals surface area (Å²) in [5, 5.41) is 5.24. The number of aromatic nitrogens is 3. The molecule has 2 aliphatic heterocycles. The highest BCUT2D eigenvalue weighted by Gasteiger charge is 2.21. The molecule has 2 aromatic rings. The molecular formula is C18H21Cl2N7O. The Hall–Kier alpha value is -2.16. The first-order valence-electron chi connectivity index (χ1n) is 9.27. The molecular weight excluding hydrogens is 401 g/mol. The molecule has 0 bridgehead atoms. The highest BCUT2D eigenvalue weighted by atomic mass is 35.5. The van der Waals surface area contributed by atoms with Gasteiger partial charge in [0.25, 0.3) is 0 Å². The summed E-state index contributed by atoms with van der Waals surface area (Å²) in [7, 11) is 0. The van der Waals surface area contributed by atoms with Crippen molar-refractivity contribution in [3.8, 4) is 0 Å². The topological polar surface area (TPSA) is 78.8 Å². The molecule has 0 atom stereocenters. The van der Waals surface area contributed by atoms with Gasteiger partial charge in [0, 0.05) is 26.2 Å². The fraction of sp³-hybridized carbons (Fsp3) is 0.444. The second-order valence-corrected chi connectivity index (χ2v) is 7.41. The first-order chi connectivity index (χ1) is 13.7. The molecule has 2 fully saturated rings. The average Bonchev–Trinajstić information content (AvgIpc) is 3.26. The minimum atomic E-state index is 0.412. The number of ether oxygens (including phenoxy) is 1. The molecule has 0 aliphatic carbocycles. The summed E-state index contributed by atoms with van der Waals surface area (Å²) >= 11 is 12.0. The molecule has 0 amide bonds. The van der Waals surface area contributed by atoms with E-state index >= 15 is 0 Å². The van der Waals surface area contributed by atoms with Gasteiger partial charge in [-0.15, -0.1) is 0 Å². The molecule has 2 saturated heterocycles. The number of nitrogens with one attached hydrogen (secondary N) is 1. The Morgan fingerprint density at radius 1 is 0.929 bits per heavy atom. The van der Waals surface area contributed by atoms with Gasteiger partial charge in [0.1, 0.15) is 0 Å². The number of hydrogen-bond acceptors (Lipinski definition) is 8. The van der Waals surface area contributed by atoms with Crippen LogP contribution in [-0.2, 0) is 4.74 Å². The summed E-state index contributed by atoms with van der Waals surface area (Å²) in [5.74, 6) is 1.74. The van der Waals surface area contributed by atoms with Crippen LogP contribution in [0.1, 0.15) is 18.4 Å². The largest absolute Gasteiger partial charge is 0.378 e. The van der Waals surface area contributed by atoms with Crippen molar-refractivity contribution < 1.29 is 4.74 Å². The van der Waals surface area contributed by atoms with E-state index < -0.39 is 0 Å². The first kappa shape index (κ1) is 19.2. The maximum atomic E-state index is 6.04. The minimum Gasteiger partial charge on any atom is -0.378 e. The van der Waals surface area contributed by atoms with Crippen molar-refractivity contribution in [1.82, 2.24) is 15.0 Å². The fourth-order valence-electron chi connectivity index (χ4n) is 3.12. The van der Waals surface area contributed by atoms with Crippen molar-refractivity contribution in [2.75, 3.05) is 54.6 Å². The molecule has 1 aromatic heterocycles. The quantitative estimate of drug-likeness (QED) is 0.586. The van der Waals surface area contributed by atoms with Gasteiger partial charge >= 0.3 is 0 Å². The average molecular weight is 422 g/mol. The van der Waals surface area contributed by atoms with E-state index in [1.165, 1.54) is 0 Å². The van der Waals surface area contributed by atoms with E-state index in [0.717, 1.165) is 44.6 Å². The highest BCUT2D eigenvalue weighted by molar-refractivity contribution is 6.42. The highest BCUT2D eigenvalue weighted by Crippen LogP contribution is 2.23. The predicted octanol–water partition coefficient (Wildman–Crippen LogP) is 3.06. The van der Waals surface area contributed by atoms with Gasteiger partial charge in [0.15, 0.2) is 0 Å². The van der Waals surface area contributed by atoms with E-state index in [1.807, 2.05) is 6.07 Å². The van der Waals surface area contributed by atoms with Crippen LogP contribution in [0, 0.1) is 0 Å². The van der Waals surface area contributed by atoms with Crippen LogP contribution in [0.25, 0.3) is 0 Å². The third-order valence-corrected chi connectivity index (χ3v) is 5.36. The van der Waals surface area contributed by atoms with Crippen LogP contribution < -0.4 is 15.2 Å². The van der Waals surface area contributed by atoms with Crippen LogP contribution in [0.2, 0.25) is 10.0 Å². The summed E-state index contributed by atoms with van der Waals surface area (Å²) in [6.07, 6.45) is 3.95. The van der Waals surface area contributed by atoms with E-state index in [9.17, 15) is 0 Å². The van der Waals surface area contributed by atoms with Crippen LogP contribution in [0.3, 0.4) is 0 Å². The number of benzene rings is 1. The molecule has 1 aromatic carbocycles. The SMILES string of the molecule is Clc1ccc(/C=N/Nc2nc(N3CCCC3)nc(N3CCOCC3)n2)cc1Cl. The van der Waals surface area contributed by atoms with Crippen LogP contribution in [-0.4, -0.2) is 60.6 Å². The van der Waals surface area contributed by atoms with Crippen molar-refractivity contribution >= 4 is 47.3 Å². The lowest BCUT2D eigenvalue weighted by Crippen LogP contribution is -2.38. The number of nitrogens with zero attached hydrogens (tertiary/aromatic N) is 6. The lowest BCUT2D eigenvalue weighted by molar-refractivity contribution is 0.122. The van der Waals surface area contributed by atoms with Crippen molar-refractivity contribution in [1.29, 1.82) is 0 Å². The third kappa shape index (κ3) is 4.63. The molecule has 0 saturated carbocycles. The molecule has 1 N–H and O–H groups in total. The van der Waals surface area contributed by atoms with Crippen molar-refractivity contribution in [3.05, 3.63) is 33.8 Å². The standard InChI is InChI=1S/C18H21Cl2N7O/c19-14-4-3-13(11-15(14)20)12-21-25-16-22-17(26-5-1-2-6-26)24-18(23-16)27-7-9-28-10-8-27/h3-4,11-12H,1-2,5-10H2,(H,22,23,24,25)/b21-12+. The number of rotatable bonds is 5. The zero-order valence-corrected chi connectivity index (χ0v) is 16.8. The van der Waals surface area contributed by atoms with Crippen molar-refractivity contribution in [3.63, 3.8) is 0 Å². The van der Waals surface area contributed by atoms with E-state index in [0.29, 0.717) is 41.1 Å². The van der Waals surface area contributed by atoms with Gasteiger partial charge in [-0.3, -0.25) is 0 Å². The second kappa shape index (κ2) is 8.89. The molecule has 10 heteroatoms. The fourth-order valence-corrected chi connectivity index (χ4v) is 3.43. The smallest absolute Gasteiger partial charge is 0.250 e. The zero-order chi connectivity index (χ0) is 19.3. The Morgan fingerprint density at radius 3 is 2.29 bits per heavy atom. The van der Waals surface area contributed by atoms with Gasteiger partial charge in [-0.1, -0.05) is 29.3 Å². The van der Waals surface area contributed by atoms with Gasteiger partial charge in [0.2, 0.25) is 17.8 Å². The van der Waals surface area contributed by atoms with Crippen molar-refractivity contribution in [2.24, 2.45) is 5.10 Å². The van der Waals surface area contributed by atoms with Gasteiger partial charge < -0.3 is 14.5 Å². The molecule has 3 heterocycles. The Kier molecular flexibility index (Phi) is 6.09. The van der Waals surface area contributed by atoms with E-state index in [1.54, 1.807) is 18.3 Å². The molecule has 8 nitrogen and oxygen atoms in total.